The first kappa shape index (κ1) is 17.9. The second-order valence-corrected chi connectivity index (χ2v) is 6.60. The molecule has 1 amide bonds. The molecule has 26 heavy (non-hydrogen) atoms. The highest BCUT2D eigenvalue weighted by Gasteiger charge is 2.06. The van der Waals surface area contributed by atoms with Gasteiger partial charge in [-0.15, -0.1) is 0 Å². The minimum absolute atomic E-state index is 0.0388. The minimum atomic E-state index is 0.0388. The van der Waals surface area contributed by atoms with Gasteiger partial charge in [-0.3, -0.25) is 4.79 Å². The molecule has 0 atom stereocenters. The molecular formula is C22H25N3O. The molecule has 4 nitrogen and oxygen atoms in total. The van der Waals surface area contributed by atoms with Crippen molar-refractivity contribution in [3.05, 3.63) is 77.1 Å². The lowest BCUT2D eigenvalue weighted by Gasteiger charge is -2.08. The SMILES string of the molecule is CCc1ccc(NC(=O)CCc2ccc(-n3nc(C)cc3C)cc2)cc1. The highest BCUT2D eigenvalue weighted by Crippen LogP contribution is 2.15. The van der Waals surface area contributed by atoms with Crippen LogP contribution < -0.4 is 5.32 Å². The molecule has 0 bridgehead atoms. The van der Waals surface area contributed by atoms with Crippen LogP contribution in [0.4, 0.5) is 5.69 Å². The summed E-state index contributed by atoms with van der Waals surface area (Å²) < 4.78 is 1.94. The molecule has 0 unspecified atom stereocenters. The number of nitrogens with zero attached hydrogens (tertiary/aromatic N) is 2. The average Bonchev–Trinajstić information content (AvgIpc) is 2.99. The van der Waals surface area contributed by atoms with Crippen molar-refractivity contribution in [3.63, 3.8) is 0 Å². The monoisotopic (exact) mass is 347 g/mol. The van der Waals surface area contributed by atoms with Crippen LogP contribution in [0.5, 0.6) is 0 Å². The lowest BCUT2D eigenvalue weighted by atomic mass is 10.1. The molecule has 0 saturated heterocycles. The number of carbonyl (C=O) groups is 1. The topological polar surface area (TPSA) is 46.9 Å². The van der Waals surface area contributed by atoms with Crippen molar-refractivity contribution < 1.29 is 4.79 Å². The number of amides is 1. The number of nitrogens with one attached hydrogen (secondary N) is 1. The van der Waals surface area contributed by atoms with E-state index in [1.807, 2.05) is 42.8 Å². The van der Waals surface area contributed by atoms with Crippen LogP contribution in [0.3, 0.4) is 0 Å². The molecule has 1 heterocycles. The van der Waals surface area contributed by atoms with Gasteiger partial charge in [0.05, 0.1) is 11.4 Å². The molecule has 1 aromatic heterocycles. The van der Waals surface area contributed by atoms with Gasteiger partial charge >= 0.3 is 0 Å². The van der Waals surface area contributed by atoms with Crippen LogP contribution in [0.15, 0.2) is 54.6 Å². The standard InChI is InChI=1S/C22H25N3O/c1-4-18-5-10-20(11-6-18)23-22(26)14-9-19-7-12-21(13-8-19)25-17(3)15-16(2)24-25/h5-8,10-13,15H,4,9,14H2,1-3H3,(H,23,26). The van der Waals surface area contributed by atoms with Crippen LogP contribution in [0.2, 0.25) is 0 Å². The lowest BCUT2D eigenvalue weighted by molar-refractivity contribution is -0.116. The Morgan fingerprint density at radius 2 is 1.65 bits per heavy atom. The van der Waals surface area contributed by atoms with Crippen molar-refractivity contribution in [1.29, 1.82) is 0 Å². The van der Waals surface area contributed by atoms with E-state index in [4.69, 9.17) is 0 Å². The molecule has 0 aliphatic heterocycles. The minimum Gasteiger partial charge on any atom is -0.326 e. The van der Waals surface area contributed by atoms with Gasteiger partial charge in [0.15, 0.2) is 0 Å². The maximum atomic E-state index is 12.2. The zero-order valence-electron chi connectivity index (χ0n) is 15.6. The molecule has 0 aliphatic rings. The van der Waals surface area contributed by atoms with Crippen molar-refractivity contribution in [1.82, 2.24) is 9.78 Å². The molecule has 0 aliphatic carbocycles. The fourth-order valence-electron chi connectivity index (χ4n) is 3.00. The average molecular weight is 347 g/mol. The number of benzene rings is 2. The summed E-state index contributed by atoms with van der Waals surface area (Å²) in [5.74, 6) is 0.0388. The molecule has 0 radical (unpaired) electrons. The number of carbonyl (C=O) groups excluding carboxylic acids is 1. The first-order chi connectivity index (χ1) is 12.5. The Labute approximate surface area is 154 Å². The van der Waals surface area contributed by atoms with Gasteiger partial charge in [-0.05, 0) is 68.1 Å². The Kier molecular flexibility index (Phi) is 5.52. The summed E-state index contributed by atoms with van der Waals surface area (Å²) >= 11 is 0. The third-order valence-corrected chi connectivity index (χ3v) is 4.48. The zero-order chi connectivity index (χ0) is 18.5. The van der Waals surface area contributed by atoms with Crippen LogP contribution in [0.25, 0.3) is 5.69 Å². The summed E-state index contributed by atoms with van der Waals surface area (Å²) in [6.07, 6.45) is 2.19. The summed E-state index contributed by atoms with van der Waals surface area (Å²) in [5.41, 5.74) is 6.43. The van der Waals surface area contributed by atoms with Crippen LogP contribution in [-0.2, 0) is 17.6 Å². The summed E-state index contributed by atoms with van der Waals surface area (Å²) in [5, 5.41) is 7.45. The van der Waals surface area contributed by atoms with Gasteiger partial charge in [-0.1, -0.05) is 31.2 Å². The van der Waals surface area contributed by atoms with E-state index in [0.29, 0.717) is 6.42 Å². The molecule has 0 fully saturated rings. The van der Waals surface area contributed by atoms with Gasteiger partial charge in [-0.2, -0.15) is 5.10 Å². The van der Waals surface area contributed by atoms with E-state index in [2.05, 4.69) is 47.7 Å². The van der Waals surface area contributed by atoms with Gasteiger partial charge in [0.2, 0.25) is 5.91 Å². The van der Waals surface area contributed by atoms with E-state index in [9.17, 15) is 4.79 Å². The maximum Gasteiger partial charge on any atom is 0.224 e. The van der Waals surface area contributed by atoms with E-state index in [0.717, 1.165) is 41.2 Å². The Balaban J connectivity index is 1.55. The summed E-state index contributed by atoms with van der Waals surface area (Å²) in [4.78, 5) is 12.2. The zero-order valence-corrected chi connectivity index (χ0v) is 15.6. The Morgan fingerprint density at radius 1 is 1.00 bits per heavy atom. The fourth-order valence-corrected chi connectivity index (χ4v) is 3.00. The molecule has 1 N–H and O–H groups in total. The van der Waals surface area contributed by atoms with Gasteiger partial charge < -0.3 is 5.32 Å². The number of rotatable bonds is 6. The van der Waals surface area contributed by atoms with Crippen LogP contribution in [0, 0.1) is 13.8 Å². The predicted molar refractivity (Wildman–Crippen MR) is 106 cm³/mol. The van der Waals surface area contributed by atoms with Crippen LogP contribution in [-0.4, -0.2) is 15.7 Å². The quantitative estimate of drug-likeness (QED) is 0.707. The Morgan fingerprint density at radius 3 is 2.23 bits per heavy atom. The summed E-state index contributed by atoms with van der Waals surface area (Å²) in [7, 11) is 0. The largest absolute Gasteiger partial charge is 0.326 e. The molecule has 0 spiro atoms. The van der Waals surface area contributed by atoms with Crippen molar-refractivity contribution in [2.24, 2.45) is 0 Å². The lowest BCUT2D eigenvalue weighted by Crippen LogP contribution is -2.12. The maximum absolute atomic E-state index is 12.2. The molecule has 134 valence electrons. The van der Waals surface area contributed by atoms with Crippen LogP contribution in [0.1, 0.15) is 35.9 Å². The highest BCUT2D eigenvalue weighted by atomic mass is 16.1. The third kappa shape index (κ3) is 4.39. The van der Waals surface area contributed by atoms with E-state index in [-0.39, 0.29) is 5.91 Å². The number of aromatic nitrogens is 2. The van der Waals surface area contributed by atoms with Gasteiger partial charge in [0, 0.05) is 17.8 Å². The first-order valence-electron chi connectivity index (χ1n) is 9.06. The number of anilines is 1. The number of aryl methyl sites for hydroxylation is 4. The molecular weight excluding hydrogens is 322 g/mol. The van der Waals surface area contributed by atoms with E-state index in [1.165, 1.54) is 5.56 Å². The summed E-state index contributed by atoms with van der Waals surface area (Å²) in [6, 6.07) is 18.3. The molecule has 4 heteroatoms. The normalized spacial score (nSPS) is 10.7. The predicted octanol–water partition coefficient (Wildman–Crippen LogP) is 4.62. The molecule has 2 aromatic carbocycles. The van der Waals surface area contributed by atoms with Gasteiger partial charge in [0.25, 0.3) is 0 Å². The highest BCUT2D eigenvalue weighted by molar-refractivity contribution is 5.90. The van der Waals surface area contributed by atoms with Crippen molar-refractivity contribution >= 4 is 11.6 Å². The van der Waals surface area contributed by atoms with Gasteiger partial charge in [0.1, 0.15) is 0 Å². The van der Waals surface area contributed by atoms with Gasteiger partial charge in [-0.25, -0.2) is 4.68 Å². The van der Waals surface area contributed by atoms with Crippen molar-refractivity contribution in [3.8, 4) is 5.69 Å². The Bertz CT molecular complexity index is 877. The molecule has 3 rings (SSSR count). The fraction of sp³-hybridized carbons (Fsp3) is 0.273. The number of hydrogen-bond acceptors (Lipinski definition) is 2. The second-order valence-electron chi connectivity index (χ2n) is 6.60. The molecule has 0 saturated carbocycles. The summed E-state index contributed by atoms with van der Waals surface area (Å²) in [6.45, 7) is 6.16. The van der Waals surface area contributed by atoms with Crippen molar-refractivity contribution in [2.75, 3.05) is 5.32 Å². The Hall–Kier alpha value is -2.88. The smallest absolute Gasteiger partial charge is 0.224 e. The van der Waals surface area contributed by atoms with E-state index >= 15 is 0 Å². The molecule has 3 aromatic rings. The van der Waals surface area contributed by atoms with Crippen LogP contribution >= 0.6 is 0 Å². The van der Waals surface area contributed by atoms with E-state index < -0.39 is 0 Å². The van der Waals surface area contributed by atoms with Crippen molar-refractivity contribution in [2.45, 2.75) is 40.0 Å². The van der Waals surface area contributed by atoms with E-state index in [1.54, 1.807) is 0 Å². The third-order valence-electron chi connectivity index (χ3n) is 4.48. The second kappa shape index (κ2) is 8.00. The number of hydrogen-bond donors (Lipinski definition) is 1. The first-order valence-corrected chi connectivity index (χ1v) is 9.06.